The van der Waals surface area contributed by atoms with Crippen LogP contribution in [0.1, 0.15) is 31.4 Å². The molecule has 0 saturated heterocycles. The number of hydrogen-bond donors (Lipinski definition) is 0. The molecule has 1 aliphatic rings. The van der Waals surface area contributed by atoms with Crippen LogP contribution in [-0.4, -0.2) is 22.8 Å². The Labute approximate surface area is 147 Å². The minimum absolute atomic E-state index is 0.236. The Balaban J connectivity index is 2.11. The fraction of sp³-hybridized carbons (Fsp3) is 0.350. The molecule has 0 bridgehead atoms. The van der Waals surface area contributed by atoms with E-state index in [1.165, 1.54) is 0 Å². The van der Waals surface area contributed by atoms with Crippen molar-refractivity contribution in [3.8, 4) is 0 Å². The third-order valence-corrected chi connectivity index (χ3v) is 4.90. The van der Waals surface area contributed by atoms with Gasteiger partial charge in [0.05, 0.1) is 6.61 Å². The van der Waals surface area contributed by atoms with Gasteiger partial charge < -0.3 is 9.30 Å². The standard InChI is InChI=1S/C20H19N3O2/c1-5-25-19(24)15-10-11-20(21-2,22-3)16(12-15)18-13-14-8-6-7-9-17(14)23(18)4/h6-10,13,16H,5,11-12H2,1,4H3. The number of para-hydroxylation sites is 1. The van der Waals surface area contributed by atoms with Gasteiger partial charge in [-0.1, -0.05) is 24.3 Å². The monoisotopic (exact) mass is 333 g/mol. The Hall–Kier alpha value is -3.05. The van der Waals surface area contributed by atoms with E-state index in [0.29, 0.717) is 18.6 Å². The molecular formula is C20H19N3O2. The van der Waals surface area contributed by atoms with E-state index >= 15 is 0 Å². The SMILES string of the molecule is [C-]#[N+]C1([N+]#[C-])CC=C(C(=O)OCC)CC1c1cc2ccccc2n1C. The van der Waals surface area contributed by atoms with E-state index in [2.05, 4.69) is 9.69 Å². The second kappa shape index (κ2) is 6.45. The van der Waals surface area contributed by atoms with Gasteiger partial charge in [0, 0.05) is 30.3 Å². The number of esters is 1. The summed E-state index contributed by atoms with van der Waals surface area (Å²) in [6, 6.07) is 9.99. The summed E-state index contributed by atoms with van der Waals surface area (Å²) in [5, 5.41) is 1.07. The van der Waals surface area contributed by atoms with Gasteiger partial charge in [0.25, 0.3) is 0 Å². The quantitative estimate of drug-likeness (QED) is 0.627. The minimum atomic E-state index is -1.21. The van der Waals surface area contributed by atoms with E-state index in [1.807, 2.05) is 41.9 Å². The van der Waals surface area contributed by atoms with E-state index < -0.39 is 5.66 Å². The Morgan fingerprint density at radius 3 is 2.72 bits per heavy atom. The molecule has 1 atom stereocenters. The van der Waals surface area contributed by atoms with Crippen molar-refractivity contribution in [3.63, 3.8) is 0 Å². The van der Waals surface area contributed by atoms with Gasteiger partial charge in [-0.15, -0.1) is 0 Å². The summed E-state index contributed by atoms with van der Waals surface area (Å²) >= 11 is 0. The maximum Gasteiger partial charge on any atom is 0.494 e. The summed E-state index contributed by atoms with van der Waals surface area (Å²) < 4.78 is 7.15. The third kappa shape index (κ3) is 2.68. The van der Waals surface area contributed by atoms with Crippen LogP contribution in [0.15, 0.2) is 42.0 Å². The number of ether oxygens (including phenoxy) is 1. The summed E-state index contributed by atoms with van der Waals surface area (Å²) in [6.45, 7) is 17.4. The number of nitrogens with zero attached hydrogens (tertiary/aromatic N) is 3. The second-order valence-electron chi connectivity index (χ2n) is 6.20. The number of aryl methyl sites for hydroxylation is 1. The van der Waals surface area contributed by atoms with Crippen LogP contribution >= 0.6 is 0 Å². The lowest BCUT2D eigenvalue weighted by molar-refractivity contribution is -0.138. The molecule has 5 nitrogen and oxygen atoms in total. The molecule has 25 heavy (non-hydrogen) atoms. The van der Waals surface area contributed by atoms with Crippen LogP contribution in [0, 0.1) is 13.1 Å². The molecule has 2 aromatic rings. The fourth-order valence-electron chi connectivity index (χ4n) is 3.53. The number of carbonyl (C=O) groups is 1. The van der Waals surface area contributed by atoms with Crippen molar-refractivity contribution in [3.05, 3.63) is 70.5 Å². The van der Waals surface area contributed by atoms with E-state index in [9.17, 15) is 4.79 Å². The van der Waals surface area contributed by atoms with Crippen LogP contribution in [0.5, 0.6) is 0 Å². The third-order valence-electron chi connectivity index (χ3n) is 4.90. The van der Waals surface area contributed by atoms with Crippen LogP contribution in [0.2, 0.25) is 0 Å². The first-order valence-corrected chi connectivity index (χ1v) is 8.24. The molecule has 1 unspecified atom stereocenters. The van der Waals surface area contributed by atoms with Crippen molar-refractivity contribution in [1.82, 2.24) is 4.57 Å². The van der Waals surface area contributed by atoms with Crippen molar-refractivity contribution in [1.29, 1.82) is 0 Å². The van der Waals surface area contributed by atoms with Crippen molar-refractivity contribution in [2.45, 2.75) is 31.3 Å². The minimum Gasteiger partial charge on any atom is -0.463 e. The largest absolute Gasteiger partial charge is 0.494 e. The van der Waals surface area contributed by atoms with Crippen LogP contribution in [0.4, 0.5) is 0 Å². The van der Waals surface area contributed by atoms with Crippen molar-refractivity contribution in [2.24, 2.45) is 7.05 Å². The molecule has 1 aliphatic carbocycles. The van der Waals surface area contributed by atoms with Gasteiger partial charge in [-0.3, -0.25) is 0 Å². The molecule has 5 heteroatoms. The Kier molecular flexibility index (Phi) is 4.33. The number of aromatic nitrogens is 1. The molecule has 0 aliphatic heterocycles. The summed E-state index contributed by atoms with van der Waals surface area (Å²) in [5.74, 6) is -0.723. The van der Waals surface area contributed by atoms with Gasteiger partial charge in [0.15, 0.2) is 5.92 Å². The highest BCUT2D eigenvalue weighted by Gasteiger charge is 2.56. The van der Waals surface area contributed by atoms with Crippen LogP contribution in [-0.2, 0) is 16.6 Å². The van der Waals surface area contributed by atoms with Gasteiger partial charge in [0.1, 0.15) is 6.42 Å². The first-order chi connectivity index (χ1) is 12.1. The number of hydrogen-bond acceptors (Lipinski definition) is 2. The highest BCUT2D eigenvalue weighted by Crippen LogP contribution is 2.45. The van der Waals surface area contributed by atoms with Gasteiger partial charge >= 0.3 is 11.6 Å². The van der Waals surface area contributed by atoms with E-state index in [4.69, 9.17) is 17.9 Å². The fourth-order valence-corrected chi connectivity index (χ4v) is 3.53. The average Bonchev–Trinajstić information content (AvgIpc) is 2.98. The second-order valence-corrected chi connectivity index (χ2v) is 6.20. The molecule has 1 aromatic carbocycles. The number of carbonyl (C=O) groups excluding carboxylic acids is 1. The predicted molar refractivity (Wildman–Crippen MR) is 95.5 cm³/mol. The summed E-state index contributed by atoms with van der Waals surface area (Å²) in [7, 11) is 1.94. The molecule has 0 N–H and O–H groups in total. The zero-order chi connectivity index (χ0) is 18.0. The van der Waals surface area contributed by atoms with E-state index in [0.717, 1.165) is 16.6 Å². The smallest absolute Gasteiger partial charge is 0.463 e. The van der Waals surface area contributed by atoms with Crippen molar-refractivity contribution >= 4 is 16.9 Å². The number of benzene rings is 1. The zero-order valence-electron chi connectivity index (χ0n) is 14.3. The van der Waals surface area contributed by atoms with Crippen LogP contribution in [0.25, 0.3) is 20.6 Å². The molecule has 0 saturated carbocycles. The summed E-state index contributed by atoms with van der Waals surface area (Å²) in [6.07, 6.45) is 2.28. The van der Waals surface area contributed by atoms with Crippen LogP contribution < -0.4 is 0 Å². The molecule has 0 fully saturated rings. The topological polar surface area (TPSA) is 39.9 Å². The first-order valence-electron chi connectivity index (χ1n) is 8.24. The van der Waals surface area contributed by atoms with Gasteiger partial charge in [-0.2, -0.15) is 0 Å². The lowest BCUT2D eigenvalue weighted by Gasteiger charge is -2.25. The van der Waals surface area contributed by atoms with Crippen molar-refractivity contribution < 1.29 is 9.53 Å². The molecule has 0 radical (unpaired) electrons. The molecule has 1 heterocycles. The molecule has 0 spiro atoms. The Morgan fingerprint density at radius 2 is 2.08 bits per heavy atom. The molecule has 126 valence electrons. The lowest BCUT2D eigenvalue weighted by atomic mass is 9.78. The summed E-state index contributed by atoms with van der Waals surface area (Å²) in [4.78, 5) is 19.6. The van der Waals surface area contributed by atoms with Gasteiger partial charge in [0.2, 0.25) is 0 Å². The van der Waals surface area contributed by atoms with E-state index in [1.54, 1.807) is 13.0 Å². The summed E-state index contributed by atoms with van der Waals surface area (Å²) in [5.41, 5.74) is 1.30. The Morgan fingerprint density at radius 1 is 1.36 bits per heavy atom. The highest BCUT2D eigenvalue weighted by molar-refractivity contribution is 5.89. The van der Waals surface area contributed by atoms with Gasteiger partial charge in [-0.25, -0.2) is 27.6 Å². The molecule has 3 rings (SSSR count). The Bertz CT molecular complexity index is 926. The van der Waals surface area contributed by atoms with Gasteiger partial charge in [-0.05, 0) is 24.4 Å². The van der Waals surface area contributed by atoms with E-state index in [-0.39, 0.29) is 18.3 Å². The average molecular weight is 333 g/mol. The van der Waals surface area contributed by atoms with Crippen molar-refractivity contribution in [2.75, 3.05) is 6.61 Å². The first kappa shape index (κ1) is 16.8. The number of fused-ring (bicyclic) bond motifs is 1. The lowest BCUT2D eigenvalue weighted by Crippen LogP contribution is -2.34. The normalized spacial score (nSPS) is 18.9. The van der Waals surface area contributed by atoms with Crippen LogP contribution in [0.3, 0.4) is 0 Å². The zero-order valence-corrected chi connectivity index (χ0v) is 14.3. The molecular weight excluding hydrogens is 314 g/mol. The number of rotatable bonds is 3. The predicted octanol–water partition coefficient (Wildman–Crippen LogP) is 4.08. The maximum absolute atomic E-state index is 12.2. The molecule has 0 amide bonds. The molecule has 1 aromatic heterocycles. The highest BCUT2D eigenvalue weighted by atomic mass is 16.5. The maximum atomic E-state index is 12.2.